The topological polar surface area (TPSA) is 73.5 Å². The highest BCUT2D eigenvalue weighted by atomic mass is 19.1. The fourth-order valence-corrected chi connectivity index (χ4v) is 3.67. The van der Waals surface area contributed by atoms with Crippen molar-refractivity contribution in [1.29, 1.82) is 0 Å². The number of hydrogen-bond donors (Lipinski definition) is 3. The molecule has 0 saturated carbocycles. The molecule has 2 aliphatic rings. The van der Waals surface area contributed by atoms with Gasteiger partial charge in [-0.05, 0) is 42.8 Å². The highest BCUT2D eigenvalue weighted by molar-refractivity contribution is 6.31. The van der Waals surface area contributed by atoms with Crippen LogP contribution in [0.2, 0.25) is 0 Å². The zero-order valence-corrected chi connectivity index (χ0v) is 15.5. The zero-order chi connectivity index (χ0) is 19.7. The molecule has 2 heterocycles. The number of rotatable bonds is 4. The minimum atomic E-state index is -0.429. The Morgan fingerprint density at radius 2 is 2.04 bits per heavy atom. The number of fused-ring (bicyclic) bond motifs is 1. The third kappa shape index (κ3) is 3.55. The maximum absolute atomic E-state index is 14.1. The smallest absolute Gasteiger partial charge is 0.257 e. The van der Waals surface area contributed by atoms with Crippen molar-refractivity contribution in [2.45, 2.75) is 19.4 Å². The lowest BCUT2D eigenvalue weighted by atomic mass is 10.1. The van der Waals surface area contributed by atoms with Crippen LogP contribution in [0.1, 0.15) is 18.9 Å². The lowest BCUT2D eigenvalue weighted by Gasteiger charge is -2.19. The summed E-state index contributed by atoms with van der Waals surface area (Å²) in [6.07, 6.45) is 2.45. The Labute approximate surface area is 162 Å². The Morgan fingerprint density at radius 3 is 2.79 bits per heavy atom. The largest absolute Gasteiger partial charge is 0.369 e. The van der Waals surface area contributed by atoms with Gasteiger partial charge < -0.3 is 20.9 Å². The van der Waals surface area contributed by atoms with Gasteiger partial charge in [0.1, 0.15) is 5.82 Å². The van der Waals surface area contributed by atoms with Crippen LogP contribution in [-0.4, -0.2) is 30.9 Å². The first-order valence-electron chi connectivity index (χ1n) is 9.20. The van der Waals surface area contributed by atoms with Crippen LogP contribution in [0.15, 0.2) is 48.7 Å². The molecule has 1 atom stereocenters. The molecule has 1 saturated heterocycles. The summed E-state index contributed by atoms with van der Waals surface area (Å²) in [6.45, 7) is 3.21. The molecule has 2 aliphatic heterocycles. The van der Waals surface area contributed by atoms with Crippen LogP contribution in [0, 0.1) is 5.82 Å². The number of nitrogens with zero attached hydrogens (tertiary/aromatic N) is 1. The molecule has 7 heteroatoms. The molecule has 1 fully saturated rings. The van der Waals surface area contributed by atoms with E-state index in [0.29, 0.717) is 5.69 Å². The fourth-order valence-electron chi connectivity index (χ4n) is 3.67. The first-order valence-corrected chi connectivity index (χ1v) is 9.20. The zero-order valence-electron chi connectivity index (χ0n) is 15.5. The molecule has 0 aliphatic carbocycles. The van der Waals surface area contributed by atoms with Crippen LogP contribution in [-0.2, 0) is 9.59 Å². The van der Waals surface area contributed by atoms with Crippen molar-refractivity contribution >= 4 is 34.4 Å². The Kier molecular flexibility index (Phi) is 4.73. The van der Waals surface area contributed by atoms with Crippen molar-refractivity contribution in [2.75, 3.05) is 28.6 Å². The lowest BCUT2D eigenvalue weighted by molar-refractivity contribution is -0.119. The van der Waals surface area contributed by atoms with Crippen LogP contribution in [0.25, 0.3) is 5.57 Å². The summed E-state index contributed by atoms with van der Waals surface area (Å²) in [5.74, 6) is -0.763. The van der Waals surface area contributed by atoms with Crippen LogP contribution >= 0.6 is 0 Å². The van der Waals surface area contributed by atoms with Crippen molar-refractivity contribution in [3.05, 3.63) is 60.0 Å². The third-order valence-electron chi connectivity index (χ3n) is 4.99. The van der Waals surface area contributed by atoms with E-state index in [1.807, 2.05) is 24.3 Å². The summed E-state index contributed by atoms with van der Waals surface area (Å²) in [6, 6.07) is 12.6. The van der Waals surface area contributed by atoms with E-state index in [1.165, 1.54) is 19.2 Å². The molecule has 0 radical (unpaired) electrons. The Balaban J connectivity index is 1.44. The van der Waals surface area contributed by atoms with Gasteiger partial charge in [0, 0.05) is 49.2 Å². The Bertz CT molecular complexity index is 955. The standard InChI is InChI=1S/C21H21FN4O2/c1-13(27)24-15-9-10-26(12-15)16-7-5-14(6-8-16)23-11-17-20-18(22)3-2-4-19(20)25-21(17)28/h2-8,11,15,23H,9-10,12H2,1H3,(H,24,27)(H,25,28)/b17-11-. The van der Waals surface area contributed by atoms with Gasteiger partial charge in [0.15, 0.2) is 0 Å². The average molecular weight is 380 g/mol. The van der Waals surface area contributed by atoms with Gasteiger partial charge in [0.05, 0.1) is 11.3 Å². The van der Waals surface area contributed by atoms with Gasteiger partial charge in [-0.25, -0.2) is 4.39 Å². The second-order valence-corrected chi connectivity index (χ2v) is 7.00. The van der Waals surface area contributed by atoms with E-state index in [2.05, 4.69) is 20.9 Å². The van der Waals surface area contributed by atoms with Gasteiger partial charge in [0.2, 0.25) is 5.91 Å². The number of amides is 2. The predicted octanol–water partition coefficient (Wildman–Crippen LogP) is 2.95. The van der Waals surface area contributed by atoms with E-state index in [9.17, 15) is 14.0 Å². The highest BCUT2D eigenvalue weighted by Gasteiger charge is 2.27. The number of hydrogen-bond acceptors (Lipinski definition) is 4. The molecule has 3 N–H and O–H groups in total. The predicted molar refractivity (Wildman–Crippen MR) is 108 cm³/mol. The van der Waals surface area contributed by atoms with Crippen molar-refractivity contribution in [2.24, 2.45) is 0 Å². The minimum absolute atomic E-state index is 0.00612. The fraction of sp³-hybridized carbons (Fsp3) is 0.238. The van der Waals surface area contributed by atoms with Crippen molar-refractivity contribution in [1.82, 2.24) is 5.32 Å². The molecule has 144 valence electrons. The molecule has 0 bridgehead atoms. The number of carbonyl (C=O) groups is 2. The van der Waals surface area contributed by atoms with Gasteiger partial charge in [-0.1, -0.05) is 6.07 Å². The van der Waals surface area contributed by atoms with E-state index in [0.717, 1.165) is 30.9 Å². The number of nitrogens with one attached hydrogen (secondary N) is 3. The normalized spacial score (nSPS) is 19.5. The maximum atomic E-state index is 14.1. The van der Waals surface area contributed by atoms with E-state index >= 15 is 0 Å². The van der Waals surface area contributed by atoms with Gasteiger partial charge in [-0.3, -0.25) is 9.59 Å². The second-order valence-electron chi connectivity index (χ2n) is 7.00. The summed E-state index contributed by atoms with van der Waals surface area (Å²) in [7, 11) is 0. The number of carbonyl (C=O) groups excluding carboxylic acids is 2. The molecule has 28 heavy (non-hydrogen) atoms. The quantitative estimate of drug-likeness (QED) is 0.713. The molecule has 4 rings (SSSR count). The average Bonchev–Trinajstić information content (AvgIpc) is 3.24. The highest BCUT2D eigenvalue weighted by Crippen LogP contribution is 2.33. The molecule has 0 spiro atoms. The SMILES string of the molecule is CC(=O)NC1CCN(c2ccc(N/C=C3\C(=O)Nc4cccc(F)c43)cc2)C1. The van der Waals surface area contributed by atoms with Gasteiger partial charge >= 0.3 is 0 Å². The van der Waals surface area contributed by atoms with Gasteiger partial charge in [-0.2, -0.15) is 0 Å². The van der Waals surface area contributed by atoms with Gasteiger partial charge in [-0.15, -0.1) is 0 Å². The number of anilines is 3. The monoisotopic (exact) mass is 380 g/mol. The van der Waals surface area contributed by atoms with E-state index in [-0.39, 0.29) is 29.0 Å². The summed E-state index contributed by atoms with van der Waals surface area (Å²) in [5.41, 5.74) is 2.91. The molecular formula is C21H21FN4O2. The first-order chi connectivity index (χ1) is 13.5. The third-order valence-corrected chi connectivity index (χ3v) is 4.99. The molecule has 1 unspecified atom stereocenters. The van der Waals surface area contributed by atoms with Crippen molar-refractivity contribution in [3.8, 4) is 0 Å². The second kappa shape index (κ2) is 7.34. The Morgan fingerprint density at radius 1 is 1.25 bits per heavy atom. The van der Waals surface area contributed by atoms with E-state index in [4.69, 9.17) is 0 Å². The maximum Gasteiger partial charge on any atom is 0.257 e. The van der Waals surface area contributed by atoms with Crippen LogP contribution in [0.3, 0.4) is 0 Å². The van der Waals surface area contributed by atoms with Crippen LogP contribution < -0.4 is 20.9 Å². The first kappa shape index (κ1) is 18.0. The van der Waals surface area contributed by atoms with Crippen LogP contribution in [0.4, 0.5) is 21.5 Å². The molecule has 6 nitrogen and oxygen atoms in total. The van der Waals surface area contributed by atoms with Crippen LogP contribution in [0.5, 0.6) is 0 Å². The molecule has 2 amide bonds. The lowest BCUT2D eigenvalue weighted by Crippen LogP contribution is -2.35. The molecular weight excluding hydrogens is 359 g/mol. The summed E-state index contributed by atoms with van der Waals surface area (Å²) >= 11 is 0. The van der Waals surface area contributed by atoms with E-state index in [1.54, 1.807) is 12.1 Å². The van der Waals surface area contributed by atoms with Crippen molar-refractivity contribution in [3.63, 3.8) is 0 Å². The number of benzene rings is 2. The molecule has 2 aromatic carbocycles. The van der Waals surface area contributed by atoms with Crippen molar-refractivity contribution < 1.29 is 14.0 Å². The number of halogens is 1. The summed E-state index contributed by atoms with van der Waals surface area (Å²) in [4.78, 5) is 25.5. The van der Waals surface area contributed by atoms with E-state index < -0.39 is 5.82 Å². The summed E-state index contributed by atoms with van der Waals surface area (Å²) < 4.78 is 14.1. The summed E-state index contributed by atoms with van der Waals surface area (Å²) in [5, 5.41) is 8.69. The molecule has 2 aromatic rings. The minimum Gasteiger partial charge on any atom is -0.369 e. The molecule has 0 aromatic heterocycles. The Hall–Kier alpha value is -3.35. The van der Waals surface area contributed by atoms with Gasteiger partial charge in [0.25, 0.3) is 5.91 Å².